The Kier molecular flexibility index (Phi) is 5.81. The summed E-state index contributed by atoms with van der Waals surface area (Å²) in [6.45, 7) is 1.05. The summed E-state index contributed by atoms with van der Waals surface area (Å²) in [4.78, 5) is 2.44. The molecule has 0 aliphatic heterocycles. The molecule has 1 aliphatic carbocycles. The third-order valence-electron chi connectivity index (χ3n) is 3.14. The third-order valence-corrected chi connectivity index (χ3v) is 3.30. The average molecular weight is 204 g/mol. The molecule has 0 spiro atoms. The number of rotatable bonds is 3. The molecule has 1 nitrogen and oxygen atoms in total. The van der Waals surface area contributed by atoms with Crippen LogP contribution < -0.4 is 0 Å². The fourth-order valence-corrected chi connectivity index (χ4v) is 2.46. The zero-order valence-electron chi connectivity index (χ0n) is 8.77. The molecule has 0 heterocycles. The summed E-state index contributed by atoms with van der Waals surface area (Å²) >= 11 is 5.75. The van der Waals surface area contributed by atoms with E-state index in [9.17, 15) is 0 Å². The van der Waals surface area contributed by atoms with Gasteiger partial charge in [0, 0.05) is 18.5 Å². The molecule has 0 unspecified atom stereocenters. The van der Waals surface area contributed by atoms with Crippen LogP contribution in [0.25, 0.3) is 0 Å². The smallest absolute Gasteiger partial charge is 0.0351 e. The first-order chi connectivity index (χ1) is 6.34. The molecule has 78 valence electrons. The molecule has 0 radical (unpaired) electrons. The van der Waals surface area contributed by atoms with Crippen LogP contribution >= 0.6 is 11.6 Å². The molecule has 0 atom stereocenters. The van der Waals surface area contributed by atoms with Crippen LogP contribution in [0.4, 0.5) is 0 Å². The van der Waals surface area contributed by atoms with Crippen molar-refractivity contribution in [3.63, 3.8) is 0 Å². The molecule has 0 aromatic carbocycles. The van der Waals surface area contributed by atoms with Crippen LogP contribution in [0.1, 0.15) is 44.9 Å². The number of nitrogens with zero attached hydrogens (tertiary/aromatic N) is 1. The van der Waals surface area contributed by atoms with Crippen LogP contribution in [0.5, 0.6) is 0 Å². The predicted octanol–water partition coefficient (Wildman–Crippen LogP) is 3.27. The maximum atomic E-state index is 5.75. The predicted molar refractivity (Wildman–Crippen MR) is 59.5 cm³/mol. The SMILES string of the molecule is CN(CCCl)C1CCCCCCC1. The van der Waals surface area contributed by atoms with Crippen molar-refractivity contribution in [3.05, 3.63) is 0 Å². The van der Waals surface area contributed by atoms with Gasteiger partial charge in [-0.3, -0.25) is 0 Å². The normalized spacial score (nSPS) is 21.5. The number of hydrogen-bond acceptors (Lipinski definition) is 1. The molecule has 0 N–H and O–H groups in total. The zero-order valence-corrected chi connectivity index (χ0v) is 9.52. The lowest BCUT2D eigenvalue weighted by Crippen LogP contribution is -2.33. The molecule has 1 rings (SSSR count). The topological polar surface area (TPSA) is 3.24 Å². The van der Waals surface area contributed by atoms with E-state index in [1.807, 2.05) is 0 Å². The molecule has 0 aromatic rings. The first-order valence-corrected chi connectivity index (χ1v) is 6.14. The Bertz CT molecular complexity index is 119. The van der Waals surface area contributed by atoms with Crippen molar-refractivity contribution in [1.82, 2.24) is 4.90 Å². The van der Waals surface area contributed by atoms with Gasteiger partial charge in [-0.2, -0.15) is 0 Å². The second kappa shape index (κ2) is 6.67. The number of halogens is 1. The summed E-state index contributed by atoms with van der Waals surface area (Å²) in [5, 5.41) is 0. The summed E-state index contributed by atoms with van der Waals surface area (Å²) in [5.41, 5.74) is 0. The molecule has 0 saturated heterocycles. The van der Waals surface area contributed by atoms with E-state index in [-0.39, 0.29) is 0 Å². The first-order valence-electron chi connectivity index (χ1n) is 5.61. The van der Waals surface area contributed by atoms with Crippen LogP contribution in [-0.2, 0) is 0 Å². The summed E-state index contributed by atoms with van der Waals surface area (Å²) in [6.07, 6.45) is 9.91. The van der Waals surface area contributed by atoms with Crippen molar-refractivity contribution < 1.29 is 0 Å². The van der Waals surface area contributed by atoms with Crippen molar-refractivity contribution in [2.45, 2.75) is 51.0 Å². The highest BCUT2D eigenvalue weighted by Crippen LogP contribution is 2.20. The minimum atomic E-state index is 0.771. The van der Waals surface area contributed by atoms with Crippen molar-refractivity contribution in [3.8, 4) is 0 Å². The maximum absolute atomic E-state index is 5.75. The molecule has 0 bridgehead atoms. The highest BCUT2D eigenvalue weighted by molar-refractivity contribution is 6.18. The Morgan fingerprint density at radius 1 is 1.08 bits per heavy atom. The van der Waals surface area contributed by atoms with Crippen molar-refractivity contribution in [2.75, 3.05) is 19.5 Å². The Morgan fingerprint density at radius 3 is 2.15 bits per heavy atom. The third kappa shape index (κ3) is 4.33. The van der Waals surface area contributed by atoms with Gasteiger partial charge in [-0.15, -0.1) is 11.6 Å². The quantitative estimate of drug-likeness (QED) is 0.637. The fraction of sp³-hybridized carbons (Fsp3) is 1.00. The minimum absolute atomic E-state index is 0.771. The number of alkyl halides is 1. The molecular formula is C11H22ClN. The molecule has 1 aliphatic rings. The van der Waals surface area contributed by atoms with Gasteiger partial charge in [0.15, 0.2) is 0 Å². The molecule has 0 amide bonds. The van der Waals surface area contributed by atoms with Crippen LogP contribution in [0.15, 0.2) is 0 Å². The van der Waals surface area contributed by atoms with E-state index in [1.54, 1.807) is 0 Å². The van der Waals surface area contributed by atoms with Gasteiger partial charge in [0.05, 0.1) is 0 Å². The van der Waals surface area contributed by atoms with Crippen molar-refractivity contribution >= 4 is 11.6 Å². The minimum Gasteiger partial charge on any atom is -0.302 e. The van der Waals surface area contributed by atoms with E-state index in [2.05, 4.69) is 11.9 Å². The second-order valence-electron chi connectivity index (χ2n) is 4.17. The van der Waals surface area contributed by atoms with E-state index in [1.165, 1.54) is 44.9 Å². The van der Waals surface area contributed by atoms with Crippen LogP contribution in [0.2, 0.25) is 0 Å². The molecule has 1 fully saturated rings. The zero-order chi connectivity index (χ0) is 9.52. The van der Waals surface area contributed by atoms with E-state index in [0.29, 0.717) is 0 Å². The summed E-state index contributed by atoms with van der Waals surface area (Å²) in [7, 11) is 2.22. The lowest BCUT2D eigenvalue weighted by Gasteiger charge is -2.28. The van der Waals surface area contributed by atoms with Gasteiger partial charge in [0.1, 0.15) is 0 Å². The van der Waals surface area contributed by atoms with Crippen molar-refractivity contribution in [1.29, 1.82) is 0 Å². The largest absolute Gasteiger partial charge is 0.302 e. The van der Waals surface area contributed by atoms with Gasteiger partial charge in [-0.1, -0.05) is 32.1 Å². The summed E-state index contributed by atoms with van der Waals surface area (Å²) in [6, 6.07) is 0.805. The molecule has 1 saturated carbocycles. The Balaban J connectivity index is 2.27. The van der Waals surface area contributed by atoms with Gasteiger partial charge in [0.25, 0.3) is 0 Å². The van der Waals surface area contributed by atoms with Gasteiger partial charge in [-0.05, 0) is 19.9 Å². The second-order valence-corrected chi connectivity index (χ2v) is 4.55. The van der Waals surface area contributed by atoms with Gasteiger partial charge >= 0.3 is 0 Å². The Morgan fingerprint density at radius 2 is 1.62 bits per heavy atom. The maximum Gasteiger partial charge on any atom is 0.0351 e. The van der Waals surface area contributed by atoms with E-state index < -0.39 is 0 Å². The molecule has 0 aromatic heterocycles. The highest BCUT2D eigenvalue weighted by atomic mass is 35.5. The molecule has 2 heteroatoms. The molecule has 13 heavy (non-hydrogen) atoms. The first kappa shape index (κ1) is 11.3. The standard InChI is InChI=1S/C11H22ClN/c1-13(10-9-12)11-7-5-3-2-4-6-8-11/h11H,2-10H2,1H3. The van der Waals surface area contributed by atoms with Crippen LogP contribution in [-0.4, -0.2) is 30.4 Å². The van der Waals surface area contributed by atoms with Crippen molar-refractivity contribution in [2.24, 2.45) is 0 Å². The van der Waals surface area contributed by atoms with E-state index in [4.69, 9.17) is 11.6 Å². The number of hydrogen-bond donors (Lipinski definition) is 0. The average Bonchev–Trinajstić information content (AvgIpc) is 2.03. The fourth-order valence-electron chi connectivity index (χ4n) is 2.19. The summed E-state index contributed by atoms with van der Waals surface area (Å²) in [5.74, 6) is 0.771. The Hall–Kier alpha value is 0.250. The Labute approximate surface area is 87.4 Å². The van der Waals surface area contributed by atoms with Gasteiger partial charge < -0.3 is 4.90 Å². The lowest BCUT2D eigenvalue weighted by molar-refractivity contribution is 0.213. The summed E-state index contributed by atoms with van der Waals surface area (Å²) < 4.78 is 0. The molecular weight excluding hydrogens is 182 g/mol. The van der Waals surface area contributed by atoms with Gasteiger partial charge in [-0.25, -0.2) is 0 Å². The monoisotopic (exact) mass is 203 g/mol. The van der Waals surface area contributed by atoms with Crippen LogP contribution in [0.3, 0.4) is 0 Å². The van der Waals surface area contributed by atoms with E-state index in [0.717, 1.165) is 18.5 Å². The van der Waals surface area contributed by atoms with Gasteiger partial charge in [0.2, 0.25) is 0 Å². The van der Waals surface area contributed by atoms with Crippen LogP contribution in [0, 0.1) is 0 Å². The van der Waals surface area contributed by atoms with E-state index >= 15 is 0 Å². The lowest BCUT2D eigenvalue weighted by atomic mass is 9.96. The highest BCUT2D eigenvalue weighted by Gasteiger charge is 2.14.